The quantitative estimate of drug-likeness (QED) is 0.287. The highest BCUT2D eigenvalue weighted by atomic mass is 32.2. The zero-order chi connectivity index (χ0) is 30.3. The summed E-state index contributed by atoms with van der Waals surface area (Å²) < 4.78 is 15.5. The molecule has 226 valence electrons. The number of ketones is 1. The van der Waals surface area contributed by atoms with Crippen molar-refractivity contribution in [3.8, 4) is 5.69 Å². The molecule has 2 heterocycles. The third-order valence-corrected chi connectivity index (χ3v) is 12.3. The summed E-state index contributed by atoms with van der Waals surface area (Å²) in [5.41, 5.74) is 3.58. The number of rotatable bonds is 5. The molecular formula is C34H39FN4O3S. The third-order valence-electron chi connectivity index (χ3n) is 11.4. The van der Waals surface area contributed by atoms with Gasteiger partial charge >= 0.3 is 0 Å². The highest BCUT2D eigenvalue weighted by Crippen LogP contribution is 2.67. The fourth-order valence-electron chi connectivity index (χ4n) is 9.44. The van der Waals surface area contributed by atoms with E-state index >= 15 is 0 Å². The van der Waals surface area contributed by atoms with Crippen LogP contribution in [0.15, 0.2) is 47.3 Å². The van der Waals surface area contributed by atoms with Gasteiger partial charge in [0.2, 0.25) is 0 Å². The Bertz CT molecular complexity index is 1620. The number of halogens is 1. The number of benzene rings is 1. The van der Waals surface area contributed by atoms with Gasteiger partial charge in [0.05, 0.1) is 29.4 Å². The number of allylic oxidation sites excluding steroid dienone is 1. The summed E-state index contributed by atoms with van der Waals surface area (Å²) in [7, 11) is 0. The van der Waals surface area contributed by atoms with Crippen LogP contribution in [0.1, 0.15) is 68.6 Å². The Morgan fingerprint density at radius 2 is 1.86 bits per heavy atom. The van der Waals surface area contributed by atoms with Crippen molar-refractivity contribution in [2.75, 3.05) is 5.75 Å². The van der Waals surface area contributed by atoms with Gasteiger partial charge in [0.25, 0.3) is 0 Å². The lowest BCUT2D eigenvalue weighted by Crippen LogP contribution is -2.62. The Hall–Kier alpha value is -2.88. The molecule has 0 bridgehead atoms. The lowest BCUT2D eigenvalue weighted by atomic mass is 9.45. The number of carbonyl (C=O) groups is 1. The predicted molar refractivity (Wildman–Crippen MR) is 163 cm³/mol. The minimum Gasteiger partial charge on any atom is -0.393 e. The van der Waals surface area contributed by atoms with Gasteiger partial charge in [-0.15, -0.1) is 0 Å². The number of nitrogens with zero attached hydrogens (tertiary/aromatic N) is 4. The zero-order valence-electron chi connectivity index (χ0n) is 25.2. The number of Topliss-reactive ketones (excluding diaryl/α,β-unsaturated/α-hetero) is 1. The largest absolute Gasteiger partial charge is 0.393 e. The summed E-state index contributed by atoms with van der Waals surface area (Å²) in [5, 5.41) is 29.3. The van der Waals surface area contributed by atoms with Crippen molar-refractivity contribution in [2.24, 2.45) is 28.6 Å². The average molecular weight is 603 g/mol. The predicted octanol–water partition coefficient (Wildman–Crippen LogP) is 5.66. The summed E-state index contributed by atoms with van der Waals surface area (Å²) in [6.45, 7) is 8.14. The molecule has 0 radical (unpaired) electrons. The normalized spacial score (nSPS) is 34.5. The van der Waals surface area contributed by atoms with Crippen LogP contribution in [-0.2, 0) is 11.2 Å². The number of fused-ring (bicyclic) bond motifs is 6. The number of aromatic nitrogens is 4. The molecule has 7 rings (SSSR count). The highest BCUT2D eigenvalue weighted by Gasteiger charge is 2.68. The molecule has 2 aromatic heterocycles. The van der Waals surface area contributed by atoms with Gasteiger partial charge in [0.15, 0.2) is 10.9 Å². The maximum Gasteiger partial charge on any atom is 0.188 e. The molecule has 0 amide bonds. The van der Waals surface area contributed by atoms with Gasteiger partial charge in [-0.25, -0.2) is 19.0 Å². The summed E-state index contributed by atoms with van der Waals surface area (Å²) in [6, 6.07) is 8.29. The van der Waals surface area contributed by atoms with Gasteiger partial charge in [0.1, 0.15) is 11.4 Å². The number of carbonyl (C=O) groups excluding carboxylic acids is 1. The minimum absolute atomic E-state index is 0.0309. The highest BCUT2D eigenvalue weighted by molar-refractivity contribution is 7.99. The van der Waals surface area contributed by atoms with Gasteiger partial charge in [-0.3, -0.25) is 4.79 Å². The number of hydrogen-bond acceptors (Lipinski definition) is 7. The Labute approximate surface area is 256 Å². The van der Waals surface area contributed by atoms with E-state index in [9.17, 15) is 19.4 Å². The molecule has 0 aliphatic heterocycles. The molecule has 7 nitrogen and oxygen atoms in total. The van der Waals surface area contributed by atoms with Crippen LogP contribution < -0.4 is 0 Å². The smallest absolute Gasteiger partial charge is 0.188 e. The van der Waals surface area contributed by atoms with E-state index in [0.717, 1.165) is 54.0 Å². The van der Waals surface area contributed by atoms with Crippen molar-refractivity contribution >= 4 is 23.6 Å². The standard InChI is InChI=1S/C34H39FN4O3S/c1-19-13-20(2)38-31(37-19)43-18-29(41)34(42)12-11-26-25-10-5-22-14-27-21(17-36-39(27)24-8-6-23(35)7-9-24)15-32(22,3)30(25)28(40)16-33(26,34)4/h6-9,13-14,17,25-26,28,30,40,42H,5,10-12,15-16,18H2,1-4H3/t25?,26?,28?,30?,32?,33?,34-/m0/s1. The van der Waals surface area contributed by atoms with Crippen molar-refractivity contribution in [3.63, 3.8) is 0 Å². The molecule has 7 atom stereocenters. The topological polar surface area (TPSA) is 101 Å². The first kappa shape index (κ1) is 28.9. The number of aliphatic hydroxyl groups is 2. The average Bonchev–Trinajstić information content (AvgIpc) is 3.47. The van der Waals surface area contributed by atoms with Crippen LogP contribution in [0.5, 0.6) is 0 Å². The summed E-state index contributed by atoms with van der Waals surface area (Å²) in [5.74, 6) is 0.0392. The molecule has 9 heteroatoms. The first-order valence-electron chi connectivity index (χ1n) is 15.4. The number of thioether (sulfide) groups is 1. The van der Waals surface area contributed by atoms with Crippen molar-refractivity contribution in [2.45, 2.75) is 83.1 Å². The maximum atomic E-state index is 13.8. The van der Waals surface area contributed by atoms with Crippen molar-refractivity contribution in [1.29, 1.82) is 0 Å². The first-order valence-corrected chi connectivity index (χ1v) is 16.3. The third kappa shape index (κ3) is 4.37. The van der Waals surface area contributed by atoms with Gasteiger partial charge < -0.3 is 10.2 Å². The molecule has 0 spiro atoms. The molecule has 0 saturated heterocycles. The Balaban J connectivity index is 1.15. The molecule has 43 heavy (non-hydrogen) atoms. The van der Waals surface area contributed by atoms with Gasteiger partial charge in [-0.2, -0.15) is 5.10 Å². The van der Waals surface area contributed by atoms with Crippen LogP contribution in [0, 0.1) is 48.2 Å². The van der Waals surface area contributed by atoms with Gasteiger partial charge in [-0.05, 0) is 118 Å². The fourth-order valence-corrected chi connectivity index (χ4v) is 10.4. The van der Waals surface area contributed by atoms with Crippen LogP contribution in [-0.4, -0.2) is 53.2 Å². The van der Waals surface area contributed by atoms with Crippen LogP contribution >= 0.6 is 11.8 Å². The Morgan fingerprint density at radius 1 is 1.14 bits per heavy atom. The van der Waals surface area contributed by atoms with Crippen LogP contribution in [0.3, 0.4) is 0 Å². The molecule has 6 unspecified atom stereocenters. The lowest BCUT2D eigenvalue weighted by molar-refractivity contribution is -0.177. The van der Waals surface area contributed by atoms with E-state index in [1.807, 2.05) is 37.7 Å². The zero-order valence-corrected chi connectivity index (χ0v) is 26.0. The van der Waals surface area contributed by atoms with E-state index in [1.54, 1.807) is 12.1 Å². The van der Waals surface area contributed by atoms with Crippen molar-refractivity contribution in [1.82, 2.24) is 19.7 Å². The van der Waals surface area contributed by atoms with Crippen LogP contribution in [0.25, 0.3) is 11.8 Å². The first-order chi connectivity index (χ1) is 20.4. The molecule has 4 aliphatic carbocycles. The van der Waals surface area contributed by atoms with E-state index < -0.39 is 17.1 Å². The fraction of sp³-hybridized carbons (Fsp3) is 0.529. The monoisotopic (exact) mass is 602 g/mol. The van der Waals surface area contributed by atoms with Gasteiger partial charge in [0, 0.05) is 16.8 Å². The van der Waals surface area contributed by atoms with Crippen molar-refractivity contribution < 1.29 is 19.4 Å². The second kappa shape index (κ2) is 10.1. The van der Waals surface area contributed by atoms with Crippen LogP contribution in [0.2, 0.25) is 0 Å². The second-order valence-corrected chi connectivity index (χ2v) is 14.7. The molecule has 3 fully saturated rings. The maximum absolute atomic E-state index is 13.8. The van der Waals surface area contributed by atoms with Gasteiger partial charge in [-0.1, -0.05) is 31.2 Å². The summed E-state index contributed by atoms with van der Waals surface area (Å²) in [6.07, 6.45) is 7.70. The lowest BCUT2D eigenvalue weighted by Gasteiger charge is -2.60. The van der Waals surface area contributed by atoms with E-state index in [2.05, 4.69) is 28.1 Å². The van der Waals surface area contributed by atoms with E-state index in [0.29, 0.717) is 18.0 Å². The SMILES string of the molecule is Cc1cc(C)nc(SCC(=O)[C@@]2(O)CCC3C4CCC5=Cc6c(cnn6-c6ccc(F)cc6)CC5(C)C4C(O)CC32C)n1. The second-order valence-electron chi connectivity index (χ2n) is 13.8. The van der Waals surface area contributed by atoms with E-state index in [-0.39, 0.29) is 40.5 Å². The number of aryl methyl sites for hydroxylation is 2. The molecule has 3 aromatic rings. The molecular weight excluding hydrogens is 563 g/mol. The molecule has 2 N–H and O–H groups in total. The molecule has 3 saturated carbocycles. The minimum atomic E-state index is -1.48. The molecule has 1 aromatic carbocycles. The Morgan fingerprint density at radius 3 is 2.58 bits per heavy atom. The summed E-state index contributed by atoms with van der Waals surface area (Å²) >= 11 is 1.28. The van der Waals surface area contributed by atoms with Crippen molar-refractivity contribution in [3.05, 3.63) is 70.6 Å². The van der Waals surface area contributed by atoms with E-state index in [4.69, 9.17) is 0 Å². The Kier molecular flexibility index (Phi) is 6.76. The van der Waals surface area contributed by atoms with E-state index in [1.165, 1.54) is 29.5 Å². The van der Waals surface area contributed by atoms with Crippen LogP contribution in [0.4, 0.5) is 4.39 Å². The summed E-state index contributed by atoms with van der Waals surface area (Å²) in [4.78, 5) is 22.7. The number of hydrogen-bond donors (Lipinski definition) is 2. The number of aliphatic hydroxyl groups excluding tert-OH is 1. The molecule has 4 aliphatic rings.